The zero-order chi connectivity index (χ0) is 22.7. The van der Waals surface area contributed by atoms with Crippen LogP contribution in [0, 0.1) is 0 Å². The zero-order valence-electron chi connectivity index (χ0n) is 18.4. The minimum atomic E-state index is -0.136. The summed E-state index contributed by atoms with van der Waals surface area (Å²) in [6.45, 7) is 5.17. The van der Waals surface area contributed by atoms with Crippen LogP contribution in [-0.4, -0.2) is 45.0 Å². The minimum Gasteiger partial charge on any atom is -0.287 e. The monoisotopic (exact) mass is 449 g/mol. The van der Waals surface area contributed by atoms with Gasteiger partial charge in [0.1, 0.15) is 0 Å². The van der Waals surface area contributed by atoms with E-state index in [4.69, 9.17) is 4.99 Å². The molecule has 0 N–H and O–H groups in total. The molecule has 2 heterocycles. The average molecular weight is 450 g/mol. The van der Waals surface area contributed by atoms with E-state index in [1.54, 1.807) is 28.8 Å². The van der Waals surface area contributed by atoms with Gasteiger partial charge in [-0.3, -0.25) is 24.2 Å². The van der Waals surface area contributed by atoms with Crippen molar-refractivity contribution in [2.24, 2.45) is 4.99 Å². The van der Waals surface area contributed by atoms with Crippen LogP contribution < -0.4 is 0 Å². The molecule has 0 spiro atoms. The molecule has 32 heavy (non-hydrogen) atoms. The van der Waals surface area contributed by atoms with Crippen LogP contribution in [0.5, 0.6) is 0 Å². The van der Waals surface area contributed by atoms with Crippen molar-refractivity contribution in [1.29, 1.82) is 0 Å². The SMILES string of the molecule is CC(C)c1ccccc1N=C1SCCCN1C(=O)c1ccc(CN2C(=O)CCC2=O)cc1. The van der Waals surface area contributed by atoms with Gasteiger partial charge >= 0.3 is 0 Å². The molecule has 2 aromatic rings. The molecule has 2 aromatic carbocycles. The maximum atomic E-state index is 13.3. The molecule has 0 saturated carbocycles. The number of thioether (sulfide) groups is 1. The molecule has 0 bridgehead atoms. The Kier molecular flexibility index (Phi) is 6.74. The standard InChI is InChI=1S/C25H27N3O3S/c1-17(2)20-6-3-4-7-21(20)26-25-27(14-5-15-32-25)24(31)19-10-8-18(9-11-19)16-28-22(29)12-13-23(28)30/h3-4,6-11,17H,5,12-16H2,1-2H3. The fraction of sp³-hybridized carbons (Fsp3) is 0.360. The molecule has 0 atom stereocenters. The van der Waals surface area contributed by atoms with Gasteiger partial charge in [0.2, 0.25) is 11.8 Å². The number of aliphatic imine (C=N–C) groups is 1. The number of rotatable bonds is 5. The van der Waals surface area contributed by atoms with E-state index < -0.39 is 0 Å². The summed E-state index contributed by atoms with van der Waals surface area (Å²) in [5.74, 6) is 0.919. The Morgan fingerprint density at radius 2 is 1.72 bits per heavy atom. The lowest BCUT2D eigenvalue weighted by Crippen LogP contribution is -2.39. The molecular weight excluding hydrogens is 422 g/mol. The van der Waals surface area contributed by atoms with E-state index in [0.29, 0.717) is 18.0 Å². The first-order valence-corrected chi connectivity index (χ1v) is 12.0. The summed E-state index contributed by atoms with van der Waals surface area (Å²) < 4.78 is 0. The van der Waals surface area contributed by atoms with Crippen molar-refractivity contribution in [2.45, 2.75) is 45.6 Å². The van der Waals surface area contributed by atoms with E-state index in [0.717, 1.165) is 34.2 Å². The molecule has 0 aromatic heterocycles. The van der Waals surface area contributed by atoms with Gasteiger partial charge in [0.25, 0.3) is 5.91 Å². The van der Waals surface area contributed by atoms with Gasteiger partial charge in [0, 0.05) is 30.7 Å². The first kappa shape index (κ1) is 22.3. The van der Waals surface area contributed by atoms with Crippen molar-refractivity contribution < 1.29 is 14.4 Å². The number of hydrogen-bond acceptors (Lipinski definition) is 5. The maximum absolute atomic E-state index is 13.3. The quantitative estimate of drug-likeness (QED) is 0.619. The highest BCUT2D eigenvalue weighted by Gasteiger charge is 2.29. The average Bonchev–Trinajstić information content (AvgIpc) is 3.12. The number of para-hydroxylation sites is 1. The number of imide groups is 1. The fourth-order valence-corrected chi connectivity index (χ4v) is 4.86. The number of benzene rings is 2. The summed E-state index contributed by atoms with van der Waals surface area (Å²) in [5, 5.41) is 0.728. The summed E-state index contributed by atoms with van der Waals surface area (Å²) in [7, 11) is 0. The lowest BCUT2D eigenvalue weighted by Gasteiger charge is -2.28. The molecular formula is C25H27N3O3S. The highest BCUT2D eigenvalue weighted by atomic mass is 32.2. The van der Waals surface area contributed by atoms with Gasteiger partial charge in [-0.15, -0.1) is 0 Å². The molecule has 2 aliphatic rings. The van der Waals surface area contributed by atoms with Gasteiger partial charge in [-0.1, -0.05) is 55.9 Å². The summed E-state index contributed by atoms with van der Waals surface area (Å²) in [4.78, 5) is 44.9. The molecule has 2 aliphatic heterocycles. The van der Waals surface area contributed by atoms with E-state index in [-0.39, 0.29) is 37.1 Å². The molecule has 2 saturated heterocycles. The number of carbonyl (C=O) groups is 3. The summed E-state index contributed by atoms with van der Waals surface area (Å²) in [6.07, 6.45) is 1.48. The summed E-state index contributed by atoms with van der Waals surface area (Å²) in [5.41, 5.74) is 3.46. The van der Waals surface area contributed by atoms with Gasteiger partial charge in [0.15, 0.2) is 5.17 Å². The van der Waals surface area contributed by atoms with Gasteiger partial charge in [-0.25, -0.2) is 4.99 Å². The van der Waals surface area contributed by atoms with E-state index in [9.17, 15) is 14.4 Å². The Balaban J connectivity index is 1.53. The molecule has 6 nitrogen and oxygen atoms in total. The molecule has 0 unspecified atom stereocenters. The predicted octanol–water partition coefficient (Wildman–Crippen LogP) is 4.73. The van der Waals surface area contributed by atoms with Crippen molar-refractivity contribution in [3.05, 3.63) is 65.2 Å². The topological polar surface area (TPSA) is 70.1 Å². The normalized spacial score (nSPS) is 18.2. The lowest BCUT2D eigenvalue weighted by molar-refractivity contribution is -0.139. The van der Waals surface area contributed by atoms with Crippen LogP contribution in [0.25, 0.3) is 0 Å². The first-order chi connectivity index (χ1) is 15.4. The minimum absolute atomic E-state index is 0.0853. The second kappa shape index (κ2) is 9.69. The van der Waals surface area contributed by atoms with E-state index in [2.05, 4.69) is 19.9 Å². The van der Waals surface area contributed by atoms with Gasteiger partial charge in [0.05, 0.1) is 12.2 Å². The van der Waals surface area contributed by atoms with Crippen molar-refractivity contribution in [3.8, 4) is 0 Å². The van der Waals surface area contributed by atoms with Gasteiger partial charge in [-0.2, -0.15) is 0 Å². The van der Waals surface area contributed by atoms with Crippen LogP contribution in [0.2, 0.25) is 0 Å². The van der Waals surface area contributed by atoms with Crippen molar-refractivity contribution in [2.75, 3.05) is 12.3 Å². The highest BCUT2D eigenvalue weighted by molar-refractivity contribution is 8.13. The molecule has 166 valence electrons. The molecule has 0 radical (unpaired) electrons. The van der Waals surface area contributed by atoms with Gasteiger partial charge in [-0.05, 0) is 41.7 Å². The third-order valence-corrected chi connectivity index (χ3v) is 6.77. The number of likely N-dealkylation sites (tertiary alicyclic amines) is 1. The zero-order valence-corrected chi connectivity index (χ0v) is 19.2. The smallest absolute Gasteiger partial charge is 0.259 e. The van der Waals surface area contributed by atoms with E-state index in [1.807, 2.05) is 30.3 Å². The second-order valence-electron chi connectivity index (χ2n) is 8.34. The Morgan fingerprint density at radius 3 is 2.41 bits per heavy atom. The van der Waals surface area contributed by atoms with Gasteiger partial charge < -0.3 is 0 Å². The molecule has 0 aliphatic carbocycles. The van der Waals surface area contributed by atoms with Crippen molar-refractivity contribution in [3.63, 3.8) is 0 Å². The Bertz CT molecular complexity index is 1050. The molecule has 2 fully saturated rings. The van der Waals surface area contributed by atoms with Crippen molar-refractivity contribution >= 4 is 40.3 Å². The van der Waals surface area contributed by atoms with Crippen molar-refractivity contribution in [1.82, 2.24) is 9.80 Å². The van der Waals surface area contributed by atoms with Crippen LogP contribution in [-0.2, 0) is 16.1 Å². The van der Waals surface area contributed by atoms with Crippen LogP contribution in [0.1, 0.15) is 60.5 Å². The largest absolute Gasteiger partial charge is 0.287 e. The molecule has 4 rings (SSSR count). The second-order valence-corrected chi connectivity index (χ2v) is 9.40. The maximum Gasteiger partial charge on any atom is 0.259 e. The number of nitrogens with zero attached hydrogens (tertiary/aromatic N) is 3. The van der Waals surface area contributed by atoms with Crippen LogP contribution in [0.4, 0.5) is 5.69 Å². The third-order valence-electron chi connectivity index (χ3n) is 5.70. The fourth-order valence-electron chi connectivity index (χ4n) is 3.91. The van der Waals surface area contributed by atoms with E-state index in [1.165, 1.54) is 4.90 Å². The number of amides is 3. The van der Waals surface area contributed by atoms with Crippen LogP contribution in [0.15, 0.2) is 53.5 Å². The Labute approximate surface area is 192 Å². The molecule has 3 amide bonds. The third kappa shape index (κ3) is 4.78. The van der Waals surface area contributed by atoms with Crippen LogP contribution >= 0.6 is 11.8 Å². The van der Waals surface area contributed by atoms with E-state index >= 15 is 0 Å². The number of hydrogen-bond donors (Lipinski definition) is 0. The predicted molar refractivity (Wildman–Crippen MR) is 127 cm³/mol. The highest BCUT2D eigenvalue weighted by Crippen LogP contribution is 2.30. The number of amidine groups is 1. The summed E-state index contributed by atoms with van der Waals surface area (Å²) in [6, 6.07) is 15.2. The Morgan fingerprint density at radius 1 is 1.03 bits per heavy atom. The summed E-state index contributed by atoms with van der Waals surface area (Å²) >= 11 is 1.61. The Hall–Kier alpha value is -2.93. The number of carbonyl (C=O) groups excluding carboxylic acids is 3. The first-order valence-electron chi connectivity index (χ1n) is 11.0. The van der Waals surface area contributed by atoms with Crippen LogP contribution in [0.3, 0.4) is 0 Å². The molecule has 7 heteroatoms. The lowest BCUT2D eigenvalue weighted by atomic mass is 10.0.